The number of hydrogen-bond acceptors (Lipinski definition) is 4. The first-order chi connectivity index (χ1) is 13.1. The molecule has 2 heterocycles. The number of anilines is 1. The van der Waals surface area contributed by atoms with Crippen LogP contribution in [0.3, 0.4) is 0 Å². The molecule has 1 aliphatic rings. The average molecular weight is 434 g/mol. The van der Waals surface area contributed by atoms with E-state index in [1.807, 2.05) is 36.4 Å². The van der Waals surface area contributed by atoms with Gasteiger partial charge in [-0.25, -0.2) is 9.78 Å². The molecule has 1 saturated heterocycles. The summed E-state index contributed by atoms with van der Waals surface area (Å²) in [5.41, 5.74) is 0.752. The minimum Gasteiger partial charge on any atom is -0.494 e. The van der Waals surface area contributed by atoms with Crippen LogP contribution in [0.2, 0.25) is 0 Å². The maximum Gasteiger partial charge on any atom is 0.321 e. The zero-order valence-corrected chi connectivity index (χ0v) is 16.9. The Morgan fingerprint density at radius 3 is 2.81 bits per heavy atom. The Balaban J connectivity index is 1.46. The van der Waals surface area contributed by atoms with Crippen molar-refractivity contribution in [2.45, 2.75) is 32.3 Å². The lowest BCUT2D eigenvalue weighted by Gasteiger charge is -2.18. The summed E-state index contributed by atoms with van der Waals surface area (Å²) in [6.07, 6.45) is 4.58. The Morgan fingerprint density at radius 2 is 2.11 bits per heavy atom. The van der Waals surface area contributed by atoms with Gasteiger partial charge in [-0.3, -0.25) is 0 Å². The number of halogens is 1. The summed E-state index contributed by atoms with van der Waals surface area (Å²) in [7, 11) is 0. The number of likely N-dealkylation sites (tertiary alicyclic amines) is 1. The molecule has 0 spiro atoms. The molecule has 0 saturated carbocycles. The first-order valence-corrected chi connectivity index (χ1v) is 10.0. The molecule has 1 fully saturated rings. The third-order valence-electron chi connectivity index (χ3n) is 4.29. The van der Waals surface area contributed by atoms with Gasteiger partial charge in [0, 0.05) is 35.4 Å². The van der Waals surface area contributed by atoms with E-state index in [1.54, 1.807) is 11.1 Å². The third-order valence-corrected chi connectivity index (χ3v) is 4.76. The van der Waals surface area contributed by atoms with Crippen LogP contribution < -0.4 is 14.8 Å². The Bertz CT molecular complexity index is 737. The number of hydrogen-bond donors (Lipinski definition) is 1. The highest BCUT2D eigenvalue weighted by Gasteiger charge is 2.28. The van der Waals surface area contributed by atoms with Gasteiger partial charge in [-0.05, 0) is 52.7 Å². The number of carbonyl (C=O) groups is 1. The number of pyridine rings is 1. The predicted octanol–water partition coefficient (Wildman–Crippen LogP) is 4.71. The zero-order chi connectivity index (χ0) is 19.1. The van der Waals surface area contributed by atoms with Crippen molar-refractivity contribution in [1.29, 1.82) is 0 Å². The van der Waals surface area contributed by atoms with Crippen molar-refractivity contribution in [1.82, 2.24) is 9.88 Å². The largest absolute Gasteiger partial charge is 0.494 e. The smallest absolute Gasteiger partial charge is 0.321 e. The summed E-state index contributed by atoms with van der Waals surface area (Å²) < 4.78 is 12.4. The minimum absolute atomic E-state index is 0.0428. The van der Waals surface area contributed by atoms with Gasteiger partial charge in [-0.2, -0.15) is 0 Å². The summed E-state index contributed by atoms with van der Waals surface area (Å²) >= 11 is 3.35. The monoisotopic (exact) mass is 433 g/mol. The van der Waals surface area contributed by atoms with Crippen LogP contribution in [0.1, 0.15) is 26.2 Å². The molecule has 1 atom stereocenters. The number of aromatic nitrogens is 1. The van der Waals surface area contributed by atoms with Crippen LogP contribution in [0.25, 0.3) is 0 Å². The number of carbonyl (C=O) groups excluding carboxylic acids is 1. The second-order valence-corrected chi connectivity index (χ2v) is 7.36. The molecule has 1 aromatic heterocycles. The van der Waals surface area contributed by atoms with Crippen molar-refractivity contribution in [2.24, 2.45) is 0 Å². The molecule has 144 valence electrons. The number of unbranched alkanes of at least 4 members (excludes halogenated alkanes) is 1. The first-order valence-electron chi connectivity index (χ1n) is 9.21. The molecule has 1 N–H and O–H groups in total. The number of amides is 2. The molecule has 0 aliphatic carbocycles. The Kier molecular flexibility index (Phi) is 6.92. The lowest BCUT2D eigenvalue weighted by atomic mass is 10.3. The van der Waals surface area contributed by atoms with Crippen molar-refractivity contribution in [3.63, 3.8) is 0 Å². The van der Waals surface area contributed by atoms with Crippen molar-refractivity contribution in [3.05, 3.63) is 47.1 Å². The van der Waals surface area contributed by atoms with Crippen LogP contribution in [0.15, 0.2) is 47.1 Å². The normalized spacial score (nSPS) is 16.2. The number of urea groups is 1. The van der Waals surface area contributed by atoms with Gasteiger partial charge in [-0.1, -0.05) is 13.3 Å². The Hall–Kier alpha value is -2.28. The minimum atomic E-state index is -0.121. The Labute approximate surface area is 168 Å². The summed E-state index contributed by atoms with van der Waals surface area (Å²) in [6, 6.07) is 11.0. The van der Waals surface area contributed by atoms with Crippen molar-refractivity contribution in [2.75, 3.05) is 25.0 Å². The van der Waals surface area contributed by atoms with Gasteiger partial charge < -0.3 is 19.7 Å². The lowest BCUT2D eigenvalue weighted by Crippen LogP contribution is -2.34. The van der Waals surface area contributed by atoms with E-state index in [0.29, 0.717) is 25.6 Å². The highest BCUT2D eigenvalue weighted by Crippen LogP contribution is 2.20. The molecule has 3 rings (SSSR count). The van der Waals surface area contributed by atoms with Crippen molar-refractivity contribution < 1.29 is 14.3 Å². The van der Waals surface area contributed by atoms with E-state index in [2.05, 4.69) is 33.2 Å². The topological polar surface area (TPSA) is 63.7 Å². The predicted molar refractivity (Wildman–Crippen MR) is 108 cm³/mol. The molecular formula is C20H24BrN3O3. The molecule has 7 heteroatoms. The van der Waals surface area contributed by atoms with Gasteiger partial charge in [0.15, 0.2) is 0 Å². The van der Waals surface area contributed by atoms with Gasteiger partial charge in [0.05, 0.1) is 13.2 Å². The Morgan fingerprint density at radius 1 is 1.30 bits per heavy atom. The highest BCUT2D eigenvalue weighted by molar-refractivity contribution is 9.10. The number of nitrogens with zero attached hydrogens (tertiary/aromatic N) is 2. The zero-order valence-electron chi connectivity index (χ0n) is 15.4. The van der Waals surface area contributed by atoms with Gasteiger partial charge in [0.1, 0.15) is 11.9 Å². The quantitative estimate of drug-likeness (QED) is 0.642. The highest BCUT2D eigenvalue weighted by atomic mass is 79.9. The van der Waals surface area contributed by atoms with Crippen molar-refractivity contribution >= 4 is 27.6 Å². The van der Waals surface area contributed by atoms with Crippen LogP contribution in [0.4, 0.5) is 10.5 Å². The van der Waals surface area contributed by atoms with E-state index >= 15 is 0 Å². The molecule has 2 amide bonds. The van der Waals surface area contributed by atoms with Crippen LogP contribution in [0, 0.1) is 0 Å². The molecule has 0 radical (unpaired) electrons. The SMILES string of the molecule is CCCCOc1ccc(NC(=O)N2CCC(Oc3ccc(Br)cn3)C2)cc1. The summed E-state index contributed by atoms with van der Waals surface area (Å²) in [5, 5.41) is 2.92. The van der Waals surface area contributed by atoms with Crippen LogP contribution in [-0.4, -0.2) is 41.7 Å². The standard InChI is InChI=1S/C20H24BrN3O3/c1-2-3-12-26-17-7-5-16(6-8-17)23-20(25)24-11-10-18(14-24)27-19-9-4-15(21)13-22-19/h4-9,13,18H,2-3,10-12,14H2,1H3,(H,23,25). The van der Waals surface area contributed by atoms with E-state index in [4.69, 9.17) is 9.47 Å². The second-order valence-electron chi connectivity index (χ2n) is 6.45. The van der Waals surface area contributed by atoms with E-state index in [-0.39, 0.29) is 12.1 Å². The van der Waals surface area contributed by atoms with Crippen molar-refractivity contribution in [3.8, 4) is 11.6 Å². The third kappa shape index (κ3) is 5.85. The number of rotatable bonds is 7. The molecule has 1 unspecified atom stereocenters. The molecule has 0 bridgehead atoms. The first kappa shape index (κ1) is 19.5. The van der Waals surface area contributed by atoms with Gasteiger partial charge in [-0.15, -0.1) is 0 Å². The van der Waals surface area contributed by atoms with E-state index in [1.165, 1.54) is 0 Å². The molecule has 2 aromatic rings. The fraction of sp³-hybridized carbons (Fsp3) is 0.400. The number of nitrogens with one attached hydrogen (secondary N) is 1. The van der Waals surface area contributed by atoms with E-state index in [9.17, 15) is 4.79 Å². The molecule has 6 nitrogen and oxygen atoms in total. The number of ether oxygens (including phenoxy) is 2. The van der Waals surface area contributed by atoms with E-state index < -0.39 is 0 Å². The molecule has 1 aliphatic heterocycles. The maximum atomic E-state index is 12.5. The fourth-order valence-electron chi connectivity index (χ4n) is 2.78. The van der Waals surface area contributed by atoms with Gasteiger partial charge >= 0.3 is 6.03 Å². The second kappa shape index (κ2) is 9.60. The maximum absolute atomic E-state index is 12.5. The van der Waals surface area contributed by atoms with Gasteiger partial charge in [0.25, 0.3) is 0 Å². The van der Waals surface area contributed by atoms with Gasteiger partial charge in [0.2, 0.25) is 5.88 Å². The summed E-state index contributed by atoms with van der Waals surface area (Å²) in [4.78, 5) is 18.4. The lowest BCUT2D eigenvalue weighted by molar-refractivity contribution is 0.190. The summed E-state index contributed by atoms with van der Waals surface area (Å²) in [6.45, 7) is 4.04. The fourth-order valence-corrected chi connectivity index (χ4v) is 3.02. The molecule has 1 aromatic carbocycles. The summed E-state index contributed by atoms with van der Waals surface area (Å²) in [5.74, 6) is 1.39. The average Bonchev–Trinajstić information content (AvgIpc) is 3.14. The van der Waals surface area contributed by atoms with E-state index in [0.717, 1.165) is 35.2 Å². The molecular weight excluding hydrogens is 410 g/mol. The van der Waals surface area contributed by atoms with Crippen LogP contribution in [0.5, 0.6) is 11.6 Å². The van der Waals surface area contributed by atoms with Crippen LogP contribution in [-0.2, 0) is 0 Å². The number of benzene rings is 1. The van der Waals surface area contributed by atoms with Crippen LogP contribution >= 0.6 is 15.9 Å². The molecule has 27 heavy (non-hydrogen) atoms.